The molecule has 0 amide bonds. The van der Waals surface area contributed by atoms with Crippen LogP contribution in [0.25, 0.3) is 10.9 Å². The van der Waals surface area contributed by atoms with Crippen LogP contribution in [0.2, 0.25) is 0 Å². The summed E-state index contributed by atoms with van der Waals surface area (Å²) in [6.45, 7) is 1.82. The van der Waals surface area contributed by atoms with E-state index in [1.54, 1.807) is 7.11 Å². The third-order valence-electron chi connectivity index (χ3n) is 4.80. The van der Waals surface area contributed by atoms with E-state index in [2.05, 4.69) is 39.5 Å². The third-order valence-corrected chi connectivity index (χ3v) is 5.16. The second kappa shape index (κ2) is 6.76. The molecule has 4 rings (SSSR count). The van der Waals surface area contributed by atoms with Crippen LogP contribution in [0.15, 0.2) is 48.5 Å². The Morgan fingerprint density at radius 1 is 1.08 bits per heavy atom. The first-order valence-corrected chi connectivity index (χ1v) is 8.94. The van der Waals surface area contributed by atoms with E-state index in [1.807, 2.05) is 24.3 Å². The van der Waals surface area contributed by atoms with Crippen LogP contribution in [0.1, 0.15) is 11.3 Å². The summed E-state index contributed by atoms with van der Waals surface area (Å²) < 4.78 is 5.40. The van der Waals surface area contributed by atoms with E-state index in [0.717, 1.165) is 42.5 Å². The Labute approximate surface area is 152 Å². The first-order valence-electron chi connectivity index (χ1n) is 8.53. The van der Waals surface area contributed by atoms with Crippen LogP contribution in [-0.2, 0) is 12.8 Å². The lowest BCUT2D eigenvalue weighted by Crippen LogP contribution is -2.36. The van der Waals surface area contributed by atoms with Crippen LogP contribution >= 0.6 is 12.2 Å². The summed E-state index contributed by atoms with van der Waals surface area (Å²) in [6.07, 6.45) is 1.96. The molecule has 0 saturated heterocycles. The molecular weight excluding hydrogens is 330 g/mol. The molecular formula is C20H21N3OS. The van der Waals surface area contributed by atoms with Gasteiger partial charge in [-0.1, -0.05) is 30.3 Å². The molecule has 0 atom stereocenters. The summed E-state index contributed by atoms with van der Waals surface area (Å²) in [5.41, 5.74) is 4.90. The Morgan fingerprint density at radius 2 is 1.84 bits per heavy atom. The third kappa shape index (κ3) is 3.07. The van der Waals surface area contributed by atoms with Gasteiger partial charge in [0.25, 0.3) is 0 Å². The number of aromatic amines is 1. The Balaban J connectivity index is 1.50. The predicted molar refractivity (Wildman–Crippen MR) is 106 cm³/mol. The fourth-order valence-electron chi connectivity index (χ4n) is 3.51. The SMILES string of the molecule is COc1ccccc1NC(=S)N1CCc2[nH]c3ccccc3c2CC1. The van der Waals surface area contributed by atoms with Crippen molar-refractivity contribution in [3.63, 3.8) is 0 Å². The number of fused-ring (bicyclic) bond motifs is 3. The highest BCUT2D eigenvalue weighted by Gasteiger charge is 2.20. The van der Waals surface area contributed by atoms with Crippen LogP contribution in [0.5, 0.6) is 5.75 Å². The molecule has 0 bridgehead atoms. The standard InChI is InChI=1S/C20H21N3OS/c1-24-19-9-5-4-8-18(19)22-20(25)23-12-10-15-14-6-2-3-7-16(14)21-17(15)11-13-23/h2-9,21H,10-13H2,1H3,(H,22,25). The number of anilines is 1. The zero-order valence-corrected chi connectivity index (χ0v) is 15.0. The van der Waals surface area contributed by atoms with Gasteiger partial charge in [-0.25, -0.2) is 0 Å². The molecule has 2 heterocycles. The van der Waals surface area contributed by atoms with Crippen molar-refractivity contribution >= 4 is 33.9 Å². The van der Waals surface area contributed by atoms with Gasteiger partial charge in [0, 0.05) is 36.1 Å². The van der Waals surface area contributed by atoms with E-state index in [1.165, 1.54) is 22.2 Å². The fourth-order valence-corrected chi connectivity index (χ4v) is 3.80. The molecule has 1 aliphatic heterocycles. The first kappa shape index (κ1) is 16.0. The Morgan fingerprint density at radius 3 is 2.72 bits per heavy atom. The van der Waals surface area contributed by atoms with E-state index in [0.29, 0.717) is 0 Å². The topological polar surface area (TPSA) is 40.3 Å². The second-order valence-corrected chi connectivity index (χ2v) is 6.63. The van der Waals surface area contributed by atoms with Gasteiger partial charge in [0.2, 0.25) is 0 Å². The molecule has 0 unspecified atom stereocenters. The van der Waals surface area contributed by atoms with Gasteiger partial charge in [-0.05, 0) is 42.4 Å². The summed E-state index contributed by atoms with van der Waals surface area (Å²) in [7, 11) is 1.67. The molecule has 2 N–H and O–H groups in total. The van der Waals surface area contributed by atoms with E-state index in [9.17, 15) is 0 Å². The van der Waals surface area contributed by atoms with Crippen molar-refractivity contribution in [2.45, 2.75) is 12.8 Å². The smallest absolute Gasteiger partial charge is 0.173 e. The molecule has 5 heteroatoms. The minimum Gasteiger partial charge on any atom is -0.495 e. The highest BCUT2D eigenvalue weighted by Crippen LogP contribution is 2.27. The number of ether oxygens (including phenoxy) is 1. The van der Waals surface area contributed by atoms with Crippen molar-refractivity contribution in [1.29, 1.82) is 0 Å². The van der Waals surface area contributed by atoms with Crippen molar-refractivity contribution in [2.24, 2.45) is 0 Å². The number of para-hydroxylation sites is 3. The maximum atomic E-state index is 5.65. The van der Waals surface area contributed by atoms with Gasteiger partial charge < -0.3 is 19.9 Å². The maximum absolute atomic E-state index is 5.65. The van der Waals surface area contributed by atoms with Gasteiger partial charge in [0.15, 0.2) is 5.11 Å². The van der Waals surface area contributed by atoms with E-state index in [-0.39, 0.29) is 0 Å². The van der Waals surface area contributed by atoms with Crippen LogP contribution in [0, 0.1) is 0 Å². The largest absolute Gasteiger partial charge is 0.495 e. The summed E-state index contributed by atoms with van der Waals surface area (Å²) in [5.74, 6) is 0.802. The number of thiocarbonyl (C=S) groups is 1. The number of H-pyrrole nitrogens is 1. The van der Waals surface area contributed by atoms with Gasteiger partial charge in [-0.15, -0.1) is 0 Å². The molecule has 3 aromatic rings. The average Bonchev–Trinajstić information content (AvgIpc) is 2.86. The number of methoxy groups -OCH3 is 1. The lowest BCUT2D eigenvalue weighted by atomic mass is 10.1. The summed E-state index contributed by atoms with van der Waals surface area (Å²) in [5, 5.41) is 5.42. The minimum absolute atomic E-state index is 0.749. The molecule has 128 valence electrons. The van der Waals surface area contributed by atoms with Crippen molar-refractivity contribution in [3.8, 4) is 5.75 Å². The molecule has 25 heavy (non-hydrogen) atoms. The van der Waals surface area contributed by atoms with E-state index >= 15 is 0 Å². The minimum atomic E-state index is 0.749. The van der Waals surface area contributed by atoms with Crippen LogP contribution in [-0.4, -0.2) is 35.2 Å². The number of hydrogen-bond donors (Lipinski definition) is 2. The average molecular weight is 351 g/mol. The van der Waals surface area contributed by atoms with Crippen molar-refractivity contribution < 1.29 is 4.74 Å². The number of benzene rings is 2. The van der Waals surface area contributed by atoms with Crippen molar-refractivity contribution in [3.05, 3.63) is 59.8 Å². The molecule has 1 aromatic heterocycles. The van der Waals surface area contributed by atoms with Crippen LogP contribution in [0.4, 0.5) is 5.69 Å². The fraction of sp³-hybridized carbons (Fsp3) is 0.250. The number of rotatable bonds is 2. The lowest BCUT2D eigenvalue weighted by Gasteiger charge is -2.24. The first-order chi connectivity index (χ1) is 12.3. The Hall–Kier alpha value is -2.53. The molecule has 0 aliphatic carbocycles. The van der Waals surface area contributed by atoms with Crippen LogP contribution < -0.4 is 10.1 Å². The zero-order valence-electron chi connectivity index (χ0n) is 14.2. The van der Waals surface area contributed by atoms with E-state index < -0.39 is 0 Å². The summed E-state index contributed by atoms with van der Waals surface area (Å²) in [4.78, 5) is 5.81. The van der Waals surface area contributed by atoms with Crippen molar-refractivity contribution in [1.82, 2.24) is 9.88 Å². The highest BCUT2D eigenvalue weighted by molar-refractivity contribution is 7.80. The number of nitrogens with one attached hydrogen (secondary N) is 2. The maximum Gasteiger partial charge on any atom is 0.173 e. The molecule has 2 aromatic carbocycles. The van der Waals surface area contributed by atoms with E-state index in [4.69, 9.17) is 17.0 Å². The highest BCUT2D eigenvalue weighted by atomic mass is 32.1. The number of hydrogen-bond acceptors (Lipinski definition) is 2. The predicted octanol–water partition coefficient (Wildman–Crippen LogP) is 3.97. The molecule has 1 aliphatic rings. The van der Waals surface area contributed by atoms with Gasteiger partial charge in [0.05, 0.1) is 12.8 Å². The molecule has 4 nitrogen and oxygen atoms in total. The normalized spacial score (nSPS) is 14.0. The van der Waals surface area contributed by atoms with Crippen molar-refractivity contribution in [2.75, 3.05) is 25.5 Å². The quantitative estimate of drug-likeness (QED) is 0.685. The molecule has 0 radical (unpaired) electrons. The van der Waals surface area contributed by atoms with Gasteiger partial charge in [-0.2, -0.15) is 0 Å². The Bertz CT molecular complexity index is 918. The summed E-state index contributed by atoms with van der Waals surface area (Å²) in [6, 6.07) is 16.4. The van der Waals surface area contributed by atoms with Gasteiger partial charge >= 0.3 is 0 Å². The zero-order chi connectivity index (χ0) is 17.2. The monoisotopic (exact) mass is 351 g/mol. The van der Waals surface area contributed by atoms with Gasteiger partial charge in [0.1, 0.15) is 5.75 Å². The molecule has 0 fully saturated rings. The lowest BCUT2D eigenvalue weighted by molar-refractivity contribution is 0.416. The second-order valence-electron chi connectivity index (χ2n) is 6.25. The summed E-state index contributed by atoms with van der Waals surface area (Å²) >= 11 is 5.65. The molecule has 0 saturated carbocycles. The number of nitrogens with zero attached hydrogens (tertiary/aromatic N) is 1. The number of aromatic nitrogens is 1. The van der Waals surface area contributed by atoms with Gasteiger partial charge in [-0.3, -0.25) is 0 Å². The Kier molecular flexibility index (Phi) is 4.32. The van der Waals surface area contributed by atoms with Crippen LogP contribution in [0.3, 0.4) is 0 Å². The molecule has 0 spiro atoms.